The molecule has 4 rings (SSSR count). The zero-order chi connectivity index (χ0) is 24.2. The summed E-state index contributed by atoms with van der Waals surface area (Å²) in [6.07, 6.45) is 0. The zero-order valence-electron chi connectivity index (χ0n) is 19.9. The van der Waals surface area contributed by atoms with Crippen molar-refractivity contribution in [2.45, 2.75) is 40.8 Å². The second-order valence-electron chi connectivity index (χ2n) is 8.56. The predicted octanol–water partition coefficient (Wildman–Crippen LogP) is 6.65. The Bertz CT molecular complexity index is 1310. The van der Waals surface area contributed by atoms with Gasteiger partial charge in [0.15, 0.2) is 0 Å². The molecule has 0 aliphatic carbocycles. The third-order valence-corrected chi connectivity index (χ3v) is 6.08. The molecule has 174 valence electrons. The molecule has 4 aromatic rings. The van der Waals surface area contributed by atoms with Crippen LogP contribution in [-0.4, -0.2) is 15.7 Å². The second kappa shape index (κ2) is 10.1. The number of nitrogens with one attached hydrogen (secondary N) is 1. The SMILES string of the molecule is Cc1ccc(Cn2nc(C)c(NC(=O)c3ccc(COc4cc(C)ccc4Cl)cc3)c2C)cc1. The van der Waals surface area contributed by atoms with Crippen LogP contribution >= 0.6 is 11.6 Å². The van der Waals surface area contributed by atoms with Gasteiger partial charge in [0.05, 0.1) is 28.6 Å². The summed E-state index contributed by atoms with van der Waals surface area (Å²) in [5, 5.41) is 8.24. The highest BCUT2D eigenvalue weighted by Gasteiger charge is 2.16. The van der Waals surface area contributed by atoms with Crippen molar-refractivity contribution >= 4 is 23.2 Å². The van der Waals surface area contributed by atoms with Gasteiger partial charge in [-0.1, -0.05) is 59.6 Å². The topological polar surface area (TPSA) is 56.2 Å². The Kier molecular flexibility index (Phi) is 7.03. The van der Waals surface area contributed by atoms with Crippen LogP contribution in [0, 0.1) is 27.7 Å². The van der Waals surface area contributed by atoms with Crippen LogP contribution in [0.25, 0.3) is 0 Å². The standard InChI is InChI=1S/C28H28ClN3O2/c1-18-5-8-22(9-6-18)16-32-21(4)27(20(3)31-32)30-28(33)24-12-10-23(11-13-24)17-34-26-15-19(2)7-14-25(26)29/h5-15H,16-17H2,1-4H3,(H,30,33). The number of nitrogens with zero attached hydrogens (tertiary/aromatic N) is 2. The summed E-state index contributed by atoms with van der Waals surface area (Å²) in [4.78, 5) is 12.9. The molecular weight excluding hydrogens is 446 g/mol. The van der Waals surface area contributed by atoms with E-state index in [-0.39, 0.29) is 5.91 Å². The van der Waals surface area contributed by atoms with Crippen LogP contribution in [0.4, 0.5) is 5.69 Å². The van der Waals surface area contributed by atoms with Gasteiger partial charge in [-0.15, -0.1) is 0 Å². The molecule has 0 saturated heterocycles. The average Bonchev–Trinajstić information content (AvgIpc) is 3.08. The molecule has 1 amide bonds. The quantitative estimate of drug-likeness (QED) is 0.327. The van der Waals surface area contributed by atoms with Crippen LogP contribution in [-0.2, 0) is 13.2 Å². The molecule has 3 aromatic carbocycles. The summed E-state index contributed by atoms with van der Waals surface area (Å²) in [6.45, 7) is 8.97. The van der Waals surface area contributed by atoms with Gasteiger partial charge in [-0.05, 0) is 68.7 Å². The van der Waals surface area contributed by atoms with Gasteiger partial charge in [0.1, 0.15) is 12.4 Å². The average molecular weight is 474 g/mol. The van der Waals surface area contributed by atoms with Crippen molar-refractivity contribution in [2.24, 2.45) is 0 Å². The molecule has 0 aliphatic rings. The Morgan fingerprint density at radius 3 is 2.26 bits per heavy atom. The van der Waals surface area contributed by atoms with Crippen LogP contribution in [0.3, 0.4) is 0 Å². The van der Waals surface area contributed by atoms with Crippen molar-refractivity contribution in [3.63, 3.8) is 0 Å². The Hall–Kier alpha value is -3.57. The lowest BCUT2D eigenvalue weighted by molar-refractivity contribution is 0.102. The first-order valence-electron chi connectivity index (χ1n) is 11.2. The van der Waals surface area contributed by atoms with Crippen molar-refractivity contribution < 1.29 is 9.53 Å². The lowest BCUT2D eigenvalue weighted by Crippen LogP contribution is -2.13. The molecule has 1 heterocycles. The lowest BCUT2D eigenvalue weighted by Gasteiger charge is -2.10. The summed E-state index contributed by atoms with van der Waals surface area (Å²) in [5.41, 5.74) is 7.46. The molecule has 0 spiro atoms. The third kappa shape index (κ3) is 5.49. The Balaban J connectivity index is 1.41. The number of amides is 1. The van der Waals surface area contributed by atoms with Crippen LogP contribution in [0.2, 0.25) is 5.02 Å². The number of halogens is 1. The summed E-state index contributed by atoms with van der Waals surface area (Å²) in [5.74, 6) is 0.479. The van der Waals surface area contributed by atoms with Crippen molar-refractivity contribution in [1.82, 2.24) is 9.78 Å². The minimum Gasteiger partial charge on any atom is -0.487 e. The van der Waals surface area contributed by atoms with E-state index in [4.69, 9.17) is 16.3 Å². The molecule has 0 atom stereocenters. The Morgan fingerprint density at radius 2 is 1.56 bits per heavy atom. The Morgan fingerprint density at radius 1 is 0.912 bits per heavy atom. The fourth-order valence-corrected chi connectivity index (χ4v) is 3.89. The highest BCUT2D eigenvalue weighted by Crippen LogP contribution is 2.26. The van der Waals surface area contributed by atoms with Gasteiger partial charge in [-0.25, -0.2) is 0 Å². The van der Waals surface area contributed by atoms with Crippen molar-refractivity contribution in [3.8, 4) is 5.75 Å². The smallest absolute Gasteiger partial charge is 0.255 e. The van der Waals surface area contributed by atoms with E-state index in [1.54, 1.807) is 12.1 Å². The van der Waals surface area contributed by atoms with Gasteiger partial charge < -0.3 is 10.1 Å². The van der Waals surface area contributed by atoms with E-state index in [1.165, 1.54) is 11.1 Å². The van der Waals surface area contributed by atoms with Crippen LogP contribution in [0.5, 0.6) is 5.75 Å². The summed E-state index contributed by atoms with van der Waals surface area (Å²) in [6, 6.07) is 21.4. The number of aromatic nitrogens is 2. The van der Waals surface area contributed by atoms with E-state index < -0.39 is 0 Å². The van der Waals surface area contributed by atoms with Crippen LogP contribution < -0.4 is 10.1 Å². The first-order valence-corrected chi connectivity index (χ1v) is 11.6. The highest BCUT2D eigenvalue weighted by atomic mass is 35.5. The monoisotopic (exact) mass is 473 g/mol. The molecule has 0 saturated carbocycles. The fourth-order valence-electron chi connectivity index (χ4n) is 3.72. The van der Waals surface area contributed by atoms with Gasteiger partial charge in [-0.3, -0.25) is 9.48 Å². The highest BCUT2D eigenvalue weighted by molar-refractivity contribution is 6.32. The molecule has 34 heavy (non-hydrogen) atoms. The molecule has 0 aliphatic heterocycles. The zero-order valence-corrected chi connectivity index (χ0v) is 20.6. The molecule has 1 aromatic heterocycles. The molecule has 0 unspecified atom stereocenters. The van der Waals surface area contributed by atoms with Crippen molar-refractivity contribution in [1.29, 1.82) is 0 Å². The molecule has 0 bridgehead atoms. The number of hydrogen-bond acceptors (Lipinski definition) is 3. The summed E-state index contributed by atoms with van der Waals surface area (Å²) < 4.78 is 7.77. The lowest BCUT2D eigenvalue weighted by atomic mass is 10.1. The number of anilines is 1. The van der Waals surface area contributed by atoms with E-state index in [9.17, 15) is 4.79 Å². The third-order valence-electron chi connectivity index (χ3n) is 5.77. The molecule has 0 radical (unpaired) electrons. The van der Waals surface area contributed by atoms with E-state index in [1.807, 2.05) is 55.8 Å². The van der Waals surface area contributed by atoms with E-state index >= 15 is 0 Å². The summed E-state index contributed by atoms with van der Waals surface area (Å²) in [7, 11) is 0. The van der Waals surface area contributed by atoms with E-state index in [0.717, 1.165) is 28.2 Å². The maximum Gasteiger partial charge on any atom is 0.255 e. The molecule has 6 heteroatoms. The first-order chi connectivity index (χ1) is 16.3. The number of carbonyl (C=O) groups excluding carboxylic acids is 1. The van der Waals surface area contributed by atoms with Gasteiger partial charge >= 0.3 is 0 Å². The number of benzene rings is 3. The van der Waals surface area contributed by atoms with Gasteiger partial charge in [0.2, 0.25) is 0 Å². The first kappa shape index (κ1) is 23.6. The predicted molar refractivity (Wildman–Crippen MR) is 137 cm³/mol. The largest absolute Gasteiger partial charge is 0.487 e. The molecule has 1 N–H and O–H groups in total. The van der Waals surface area contributed by atoms with Crippen LogP contribution in [0.15, 0.2) is 66.7 Å². The minimum atomic E-state index is -0.171. The van der Waals surface area contributed by atoms with Crippen molar-refractivity contribution in [3.05, 3.63) is 111 Å². The van der Waals surface area contributed by atoms with Gasteiger partial charge in [0, 0.05) is 5.56 Å². The number of aryl methyl sites for hydroxylation is 3. The van der Waals surface area contributed by atoms with Gasteiger partial charge in [-0.2, -0.15) is 5.10 Å². The van der Waals surface area contributed by atoms with Crippen molar-refractivity contribution in [2.75, 3.05) is 5.32 Å². The maximum absolute atomic E-state index is 12.9. The molecule has 0 fully saturated rings. The fraction of sp³-hybridized carbons (Fsp3) is 0.214. The molecular formula is C28H28ClN3O2. The normalized spacial score (nSPS) is 10.9. The summed E-state index contributed by atoms with van der Waals surface area (Å²) >= 11 is 6.20. The van der Waals surface area contributed by atoms with Gasteiger partial charge in [0.25, 0.3) is 5.91 Å². The second-order valence-corrected chi connectivity index (χ2v) is 8.97. The van der Waals surface area contributed by atoms with E-state index in [0.29, 0.717) is 29.5 Å². The molecule has 5 nitrogen and oxygen atoms in total. The van der Waals surface area contributed by atoms with Crippen LogP contribution in [0.1, 0.15) is 44.0 Å². The number of ether oxygens (including phenoxy) is 1. The Labute approximate surface area is 205 Å². The number of rotatable bonds is 7. The van der Waals surface area contributed by atoms with E-state index in [2.05, 4.69) is 41.6 Å². The minimum absolute atomic E-state index is 0.171. The number of hydrogen-bond donors (Lipinski definition) is 1. The number of carbonyl (C=O) groups is 1. The maximum atomic E-state index is 12.9.